The fraction of sp³-hybridized carbons (Fsp3) is 0.364. The molecule has 0 aliphatic carbocycles. The van der Waals surface area contributed by atoms with Gasteiger partial charge in [0.25, 0.3) is 0 Å². The van der Waals surface area contributed by atoms with E-state index in [-0.39, 0.29) is 29.0 Å². The van der Waals surface area contributed by atoms with Crippen LogP contribution in [0.4, 0.5) is 11.4 Å². The van der Waals surface area contributed by atoms with E-state index in [1.165, 1.54) is 6.07 Å². The molecule has 30 heavy (non-hydrogen) atoms. The molecule has 1 N–H and O–H groups in total. The summed E-state index contributed by atoms with van der Waals surface area (Å²) in [5.74, 6) is -0.673. The molecule has 0 unspecified atom stereocenters. The van der Waals surface area contributed by atoms with Crippen LogP contribution in [-0.4, -0.2) is 32.0 Å². The monoisotopic (exact) mass is 448 g/mol. The van der Waals surface area contributed by atoms with Gasteiger partial charge in [0, 0.05) is 35.3 Å². The zero-order valence-corrected chi connectivity index (χ0v) is 18.8. The summed E-state index contributed by atoms with van der Waals surface area (Å²) in [6, 6.07) is 10.00. The summed E-state index contributed by atoms with van der Waals surface area (Å²) in [4.78, 5) is 26.4. The SMILES string of the molecule is CCC(=O)N1c2ccc(S(=O)(=O)CCC(=O)Nc3cccc(Cl)c3C)cc2C[C@@H]1C. The number of hydrogen-bond donors (Lipinski definition) is 1. The molecule has 2 aromatic rings. The van der Waals surface area contributed by atoms with E-state index in [4.69, 9.17) is 11.6 Å². The Morgan fingerprint density at radius 2 is 1.97 bits per heavy atom. The molecule has 1 atom stereocenters. The molecule has 1 aliphatic heterocycles. The van der Waals surface area contributed by atoms with Gasteiger partial charge in [-0.1, -0.05) is 24.6 Å². The number of rotatable bonds is 6. The lowest BCUT2D eigenvalue weighted by Gasteiger charge is -2.22. The summed E-state index contributed by atoms with van der Waals surface area (Å²) in [5.41, 5.74) is 2.90. The lowest BCUT2D eigenvalue weighted by Crippen LogP contribution is -2.35. The summed E-state index contributed by atoms with van der Waals surface area (Å²) < 4.78 is 25.6. The predicted molar refractivity (Wildman–Crippen MR) is 119 cm³/mol. The molecule has 0 saturated carbocycles. The van der Waals surface area contributed by atoms with E-state index >= 15 is 0 Å². The number of sulfone groups is 1. The molecule has 2 aromatic carbocycles. The first-order valence-corrected chi connectivity index (χ1v) is 11.9. The van der Waals surface area contributed by atoms with Crippen molar-refractivity contribution in [1.29, 1.82) is 0 Å². The van der Waals surface area contributed by atoms with Crippen molar-refractivity contribution in [2.24, 2.45) is 0 Å². The Bertz CT molecular complexity index is 1100. The molecule has 8 heteroatoms. The Hall–Kier alpha value is -2.38. The van der Waals surface area contributed by atoms with Crippen LogP contribution in [-0.2, 0) is 25.8 Å². The summed E-state index contributed by atoms with van der Waals surface area (Å²) in [6.45, 7) is 5.54. The van der Waals surface area contributed by atoms with E-state index in [1.807, 2.05) is 13.8 Å². The van der Waals surface area contributed by atoms with Crippen molar-refractivity contribution < 1.29 is 18.0 Å². The second kappa shape index (κ2) is 8.78. The summed E-state index contributed by atoms with van der Waals surface area (Å²) in [5, 5.41) is 3.25. The van der Waals surface area contributed by atoms with Gasteiger partial charge in [-0.3, -0.25) is 9.59 Å². The van der Waals surface area contributed by atoms with Crippen molar-refractivity contribution in [3.63, 3.8) is 0 Å². The molecule has 0 spiro atoms. The number of carbonyl (C=O) groups is 2. The van der Waals surface area contributed by atoms with Crippen LogP contribution in [0.25, 0.3) is 0 Å². The van der Waals surface area contributed by atoms with Crippen molar-refractivity contribution in [3.05, 3.63) is 52.5 Å². The minimum absolute atomic E-state index is 0.00267. The van der Waals surface area contributed by atoms with Crippen LogP contribution in [0.3, 0.4) is 0 Å². The van der Waals surface area contributed by atoms with Gasteiger partial charge >= 0.3 is 0 Å². The van der Waals surface area contributed by atoms with Crippen molar-refractivity contribution in [1.82, 2.24) is 0 Å². The van der Waals surface area contributed by atoms with Crippen LogP contribution >= 0.6 is 11.6 Å². The fourth-order valence-corrected chi connectivity index (χ4v) is 5.11. The molecule has 0 aromatic heterocycles. The first-order chi connectivity index (χ1) is 14.1. The molecule has 0 fully saturated rings. The van der Waals surface area contributed by atoms with Gasteiger partial charge in [-0.05, 0) is 61.7 Å². The average Bonchev–Trinajstić information content (AvgIpc) is 3.04. The Labute approximate surface area is 182 Å². The lowest BCUT2D eigenvalue weighted by molar-refractivity contribution is -0.118. The number of carbonyl (C=O) groups excluding carboxylic acids is 2. The van der Waals surface area contributed by atoms with Crippen LogP contribution in [0, 0.1) is 6.92 Å². The second-order valence-electron chi connectivity index (χ2n) is 7.49. The highest BCUT2D eigenvalue weighted by molar-refractivity contribution is 7.91. The van der Waals surface area contributed by atoms with Gasteiger partial charge in [-0.2, -0.15) is 0 Å². The fourth-order valence-electron chi connectivity index (χ4n) is 3.65. The van der Waals surface area contributed by atoms with Crippen LogP contribution in [0.5, 0.6) is 0 Å². The molecule has 0 saturated heterocycles. The van der Waals surface area contributed by atoms with E-state index < -0.39 is 15.7 Å². The first kappa shape index (κ1) is 22.3. The predicted octanol–water partition coefficient (Wildman–Crippen LogP) is 4.14. The quantitative estimate of drug-likeness (QED) is 0.719. The van der Waals surface area contributed by atoms with Gasteiger partial charge in [0.2, 0.25) is 11.8 Å². The maximum atomic E-state index is 12.8. The third kappa shape index (κ3) is 4.52. The van der Waals surface area contributed by atoms with Crippen LogP contribution in [0.15, 0.2) is 41.3 Å². The van der Waals surface area contributed by atoms with Crippen molar-refractivity contribution >= 4 is 44.6 Å². The minimum Gasteiger partial charge on any atom is -0.326 e. The molecule has 0 bridgehead atoms. The molecule has 2 amide bonds. The minimum atomic E-state index is -3.64. The van der Waals surface area contributed by atoms with Crippen molar-refractivity contribution in [3.8, 4) is 0 Å². The number of fused-ring (bicyclic) bond motifs is 1. The summed E-state index contributed by atoms with van der Waals surface area (Å²) in [6.07, 6.45) is 0.840. The van der Waals surface area contributed by atoms with E-state index in [1.54, 1.807) is 42.2 Å². The zero-order chi connectivity index (χ0) is 22.1. The second-order valence-corrected chi connectivity index (χ2v) is 10.0. The first-order valence-electron chi connectivity index (χ1n) is 9.86. The lowest BCUT2D eigenvalue weighted by atomic mass is 10.1. The van der Waals surface area contributed by atoms with E-state index in [2.05, 4.69) is 5.32 Å². The number of hydrogen-bond acceptors (Lipinski definition) is 4. The third-order valence-corrected chi connectivity index (χ3v) is 7.46. The molecular formula is C22H25ClN2O4S. The number of nitrogens with zero attached hydrogens (tertiary/aromatic N) is 1. The third-order valence-electron chi connectivity index (χ3n) is 5.34. The highest BCUT2D eigenvalue weighted by atomic mass is 35.5. The van der Waals surface area contributed by atoms with Crippen molar-refractivity contribution in [2.45, 2.75) is 51.0 Å². The summed E-state index contributed by atoms with van der Waals surface area (Å²) in [7, 11) is -3.64. The number of amides is 2. The number of anilines is 2. The maximum absolute atomic E-state index is 12.8. The van der Waals surface area contributed by atoms with Gasteiger partial charge < -0.3 is 10.2 Å². The number of halogens is 1. The Morgan fingerprint density at radius 3 is 2.67 bits per heavy atom. The zero-order valence-electron chi connectivity index (χ0n) is 17.2. The van der Waals surface area contributed by atoms with Crippen LogP contribution in [0.2, 0.25) is 5.02 Å². The maximum Gasteiger partial charge on any atom is 0.226 e. The molecule has 0 radical (unpaired) electrons. The largest absolute Gasteiger partial charge is 0.326 e. The highest BCUT2D eigenvalue weighted by Crippen LogP contribution is 2.34. The van der Waals surface area contributed by atoms with Gasteiger partial charge in [0.1, 0.15) is 0 Å². The van der Waals surface area contributed by atoms with Gasteiger partial charge in [-0.25, -0.2) is 8.42 Å². The molecule has 160 valence electrons. The highest BCUT2D eigenvalue weighted by Gasteiger charge is 2.31. The van der Waals surface area contributed by atoms with Crippen LogP contribution in [0.1, 0.15) is 37.8 Å². The van der Waals surface area contributed by atoms with Gasteiger partial charge in [-0.15, -0.1) is 0 Å². The molecule has 1 aliphatic rings. The Balaban J connectivity index is 1.71. The Kier molecular flexibility index (Phi) is 6.53. The van der Waals surface area contributed by atoms with E-state index in [0.29, 0.717) is 23.6 Å². The molecule has 1 heterocycles. The standard InChI is InChI=1S/C22H25ClN2O4S/c1-4-22(27)25-14(2)12-16-13-17(8-9-20(16)25)30(28,29)11-10-21(26)24-19-7-5-6-18(23)15(19)3/h5-9,13-14H,4,10-12H2,1-3H3,(H,24,26)/t14-/m0/s1. The van der Waals surface area contributed by atoms with Gasteiger partial charge in [0.15, 0.2) is 9.84 Å². The molecule has 3 rings (SSSR count). The Morgan fingerprint density at radius 1 is 1.23 bits per heavy atom. The normalized spacial score (nSPS) is 15.7. The average molecular weight is 449 g/mol. The number of nitrogens with one attached hydrogen (secondary N) is 1. The van der Waals surface area contributed by atoms with E-state index in [0.717, 1.165) is 16.8 Å². The smallest absolute Gasteiger partial charge is 0.226 e. The van der Waals surface area contributed by atoms with Gasteiger partial charge in [0.05, 0.1) is 10.6 Å². The topological polar surface area (TPSA) is 83.6 Å². The van der Waals surface area contributed by atoms with Crippen LogP contribution < -0.4 is 10.2 Å². The van der Waals surface area contributed by atoms with E-state index in [9.17, 15) is 18.0 Å². The van der Waals surface area contributed by atoms with Crippen molar-refractivity contribution in [2.75, 3.05) is 16.0 Å². The number of benzene rings is 2. The molecular weight excluding hydrogens is 424 g/mol. The molecule has 6 nitrogen and oxygen atoms in total. The summed E-state index contributed by atoms with van der Waals surface area (Å²) >= 11 is 6.05.